The summed E-state index contributed by atoms with van der Waals surface area (Å²) in [5.41, 5.74) is 5.82. The van der Waals surface area contributed by atoms with Gasteiger partial charge in [-0.15, -0.1) is 0 Å². The lowest BCUT2D eigenvalue weighted by Gasteiger charge is -2.30. The summed E-state index contributed by atoms with van der Waals surface area (Å²) in [5.74, 6) is 0.675. The average Bonchev–Trinajstić information content (AvgIpc) is 2.88. The molecule has 106 valence electrons. The number of anilines is 1. The molecule has 2 fully saturated rings. The van der Waals surface area contributed by atoms with E-state index in [2.05, 4.69) is 4.98 Å². The molecule has 6 heteroatoms. The first kappa shape index (κ1) is 12.9. The number of primary amides is 1. The first-order valence-electron chi connectivity index (χ1n) is 6.82. The van der Waals surface area contributed by atoms with Gasteiger partial charge in [0.15, 0.2) is 0 Å². The number of fused-ring (bicyclic) bond motifs is 1. The van der Waals surface area contributed by atoms with Crippen molar-refractivity contribution in [3.63, 3.8) is 0 Å². The van der Waals surface area contributed by atoms with Gasteiger partial charge in [0.25, 0.3) is 5.91 Å². The number of hydrogen-bond donors (Lipinski definition) is 1. The van der Waals surface area contributed by atoms with Crippen LogP contribution in [0.2, 0.25) is 0 Å². The van der Waals surface area contributed by atoms with Crippen LogP contribution in [0.25, 0.3) is 0 Å². The minimum atomic E-state index is -0.480. The fourth-order valence-corrected chi connectivity index (χ4v) is 3.21. The largest absolute Gasteiger partial charge is 0.365 e. The van der Waals surface area contributed by atoms with Crippen molar-refractivity contribution >= 4 is 17.6 Å². The van der Waals surface area contributed by atoms with E-state index in [9.17, 15) is 9.59 Å². The van der Waals surface area contributed by atoms with Crippen molar-refractivity contribution in [1.82, 2.24) is 9.88 Å². The lowest BCUT2D eigenvalue weighted by atomic mass is 9.88. The van der Waals surface area contributed by atoms with Gasteiger partial charge in [-0.2, -0.15) is 0 Å². The van der Waals surface area contributed by atoms with Crippen molar-refractivity contribution in [3.05, 3.63) is 23.9 Å². The van der Waals surface area contributed by atoms with Crippen molar-refractivity contribution in [1.29, 1.82) is 0 Å². The Labute approximate surface area is 117 Å². The summed E-state index contributed by atoms with van der Waals surface area (Å²) >= 11 is 0. The number of amides is 2. The Hall–Kier alpha value is -2.11. The molecule has 2 amide bonds. The summed E-state index contributed by atoms with van der Waals surface area (Å²) in [6.45, 7) is 2.19. The fourth-order valence-electron chi connectivity index (χ4n) is 3.21. The topological polar surface area (TPSA) is 79.5 Å². The van der Waals surface area contributed by atoms with Gasteiger partial charge >= 0.3 is 0 Å². The van der Waals surface area contributed by atoms with E-state index in [1.807, 2.05) is 11.9 Å². The number of nitrogens with two attached hydrogens (primary N) is 1. The Morgan fingerprint density at radius 1 is 1.45 bits per heavy atom. The molecule has 2 aliphatic rings. The van der Waals surface area contributed by atoms with E-state index in [-0.39, 0.29) is 11.8 Å². The third-order valence-electron chi connectivity index (χ3n) is 4.32. The van der Waals surface area contributed by atoms with Crippen LogP contribution in [0.15, 0.2) is 18.3 Å². The van der Waals surface area contributed by atoms with Crippen LogP contribution >= 0.6 is 0 Å². The molecule has 6 nitrogen and oxygen atoms in total. The third-order valence-corrected chi connectivity index (χ3v) is 4.32. The number of likely N-dealkylation sites (tertiary alicyclic amines) is 1. The Morgan fingerprint density at radius 2 is 2.25 bits per heavy atom. The van der Waals surface area contributed by atoms with Crippen LogP contribution in [0.3, 0.4) is 0 Å². The minimum Gasteiger partial charge on any atom is -0.365 e. The molecule has 0 spiro atoms. The molecule has 3 rings (SSSR count). The van der Waals surface area contributed by atoms with Crippen LogP contribution < -0.4 is 10.6 Å². The first-order chi connectivity index (χ1) is 9.58. The normalized spacial score (nSPS) is 25.8. The lowest BCUT2D eigenvalue weighted by Crippen LogP contribution is -2.42. The van der Waals surface area contributed by atoms with Crippen molar-refractivity contribution in [2.24, 2.45) is 17.6 Å². The summed E-state index contributed by atoms with van der Waals surface area (Å²) in [7, 11) is 1.84. The van der Waals surface area contributed by atoms with Gasteiger partial charge < -0.3 is 15.5 Å². The van der Waals surface area contributed by atoms with E-state index < -0.39 is 5.91 Å². The monoisotopic (exact) mass is 274 g/mol. The smallest absolute Gasteiger partial charge is 0.252 e. The van der Waals surface area contributed by atoms with Gasteiger partial charge in [0.1, 0.15) is 5.82 Å². The van der Waals surface area contributed by atoms with Crippen LogP contribution in [0.5, 0.6) is 0 Å². The molecule has 0 saturated carbocycles. The quantitative estimate of drug-likeness (QED) is 0.829. The number of nitrogens with zero attached hydrogens (tertiary/aromatic N) is 3. The fraction of sp³-hybridized carbons (Fsp3) is 0.500. The Bertz CT molecular complexity index is 560. The van der Waals surface area contributed by atoms with E-state index in [0.29, 0.717) is 23.8 Å². The lowest BCUT2D eigenvalue weighted by molar-refractivity contribution is -0.137. The predicted molar refractivity (Wildman–Crippen MR) is 74.2 cm³/mol. The van der Waals surface area contributed by atoms with E-state index in [1.54, 1.807) is 23.2 Å². The number of aromatic nitrogens is 1. The van der Waals surface area contributed by atoms with Gasteiger partial charge in [-0.25, -0.2) is 4.98 Å². The molecule has 1 aromatic rings. The van der Waals surface area contributed by atoms with Gasteiger partial charge in [-0.05, 0) is 24.5 Å². The molecule has 3 heterocycles. The summed E-state index contributed by atoms with van der Waals surface area (Å²) in [6.07, 6.45) is 2.65. The molecule has 0 aromatic carbocycles. The molecule has 2 atom stereocenters. The molecule has 0 radical (unpaired) electrons. The number of carbonyl (C=O) groups is 2. The second-order valence-corrected chi connectivity index (χ2v) is 5.56. The van der Waals surface area contributed by atoms with Crippen LogP contribution in [0.1, 0.15) is 16.8 Å². The highest BCUT2D eigenvalue weighted by Crippen LogP contribution is 2.34. The molecule has 1 aromatic heterocycles. The zero-order chi connectivity index (χ0) is 14.3. The minimum absolute atomic E-state index is 0.0106. The molecule has 0 unspecified atom stereocenters. The van der Waals surface area contributed by atoms with E-state index in [0.717, 1.165) is 19.5 Å². The van der Waals surface area contributed by atoms with Crippen LogP contribution in [-0.2, 0) is 4.79 Å². The van der Waals surface area contributed by atoms with Gasteiger partial charge in [0.2, 0.25) is 5.91 Å². The zero-order valence-electron chi connectivity index (χ0n) is 11.5. The van der Waals surface area contributed by atoms with E-state index >= 15 is 0 Å². The molecule has 2 saturated heterocycles. The molecular formula is C14H18N4O2. The molecule has 0 bridgehead atoms. The molecule has 0 aliphatic carbocycles. The standard InChI is InChI=1S/C14H18N4O2/c1-17-6-4-9-7-18(8-11(9)14(17)20)13-10(12(15)19)3-2-5-16-13/h2-3,5,9,11H,4,6-8H2,1H3,(H2,15,19)/t9-,11+/m1/s1. The maximum absolute atomic E-state index is 12.2. The maximum atomic E-state index is 12.2. The Kier molecular flexibility index (Phi) is 3.08. The SMILES string of the molecule is CN1CC[C@@H]2CN(c3ncccc3C(N)=O)C[C@@H]2C1=O. The zero-order valence-corrected chi connectivity index (χ0v) is 11.5. The van der Waals surface area contributed by atoms with Crippen LogP contribution in [0, 0.1) is 11.8 Å². The number of rotatable bonds is 2. The second kappa shape index (κ2) is 4.77. The number of carbonyl (C=O) groups excluding carboxylic acids is 2. The van der Waals surface area contributed by atoms with E-state index in [4.69, 9.17) is 5.73 Å². The number of pyridine rings is 1. The number of hydrogen-bond acceptors (Lipinski definition) is 4. The van der Waals surface area contributed by atoms with Gasteiger partial charge in [-0.3, -0.25) is 9.59 Å². The summed E-state index contributed by atoms with van der Waals surface area (Å²) in [4.78, 5) is 31.8. The van der Waals surface area contributed by atoms with E-state index in [1.165, 1.54) is 0 Å². The summed E-state index contributed by atoms with van der Waals surface area (Å²) in [6, 6.07) is 3.38. The van der Waals surface area contributed by atoms with Crippen LogP contribution in [-0.4, -0.2) is 48.4 Å². The summed E-state index contributed by atoms with van der Waals surface area (Å²) in [5, 5.41) is 0. The molecule has 20 heavy (non-hydrogen) atoms. The maximum Gasteiger partial charge on any atom is 0.252 e. The first-order valence-corrected chi connectivity index (χ1v) is 6.82. The van der Waals surface area contributed by atoms with Crippen molar-refractivity contribution in [3.8, 4) is 0 Å². The number of piperidine rings is 1. The van der Waals surface area contributed by atoms with Gasteiger partial charge in [0, 0.05) is 32.9 Å². The Balaban J connectivity index is 1.87. The second-order valence-electron chi connectivity index (χ2n) is 5.56. The van der Waals surface area contributed by atoms with Crippen molar-refractivity contribution in [2.45, 2.75) is 6.42 Å². The van der Waals surface area contributed by atoms with Gasteiger partial charge in [0.05, 0.1) is 11.5 Å². The average molecular weight is 274 g/mol. The van der Waals surface area contributed by atoms with Gasteiger partial charge in [-0.1, -0.05) is 0 Å². The summed E-state index contributed by atoms with van der Waals surface area (Å²) < 4.78 is 0. The van der Waals surface area contributed by atoms with Crippen LogP contribution in [0.4, 0.5) is 5.82 Å². The highest BCUT2D eigenvalue weighted by atomic mass is 16.2. The third kappa shape index (κ3) is 2.01. The highest BCUT2D eigenvalue weighted by Gasteiger charge is 2.42. The molecular weight excluding hydrogens is 256 g/mol. The Morgan fingerprint density at radius 3 is 3.00 bits per heavy atom. The van der Waals surface area contributed by atoms with Crippen molar-refractivity contribution < 1.29 is 9.59 Å². The predicted octanol–water partition coefficient (Wildman–Crippen LogP) is 0.0950. The molecule has 2 N–H and O–H groups in total. The highest BCUT2D eigenvalue weighted by molar-refractivity contribution is 5.97. The molecule has 2 aliphatic heterocycles. The van der Waals surface area contributed by atoms with Crippen molar-refractivity contribution in [2.75, 3.05) is 31.6 Å².